The van der Waals surface area contributed by atoms with Crippen LogP contribution in [0.3, 0.4) is 0 Å². The van der Waals surface area contributed by atoms with E-state index in [1.807, 2.05) is 11.8 Å². The SMILES string of the molecule is CCCN(C(=O)c1cnc(C)cc1NN)C1CC1. The number of anilines is 1. The van der Waals surface area contributed by atoms with E-state index in [0.29, 0.717) is 17.3 Å². The number of nitrogens with two attached hydrogens (primary N) is 1. The molecule has 2 rings (SSSR count). The molecule has 0 bridgehead atoms. The van der Waals surface area contributed by atoms with Gasteiger partial charge in [0.05, 0.1) is 11.3 Å². The average Bonchev–Trinajstić information content (AvgIpc) is 3.19. The third-order valence-electron chi connectivity index (χ3n) is 3.14. The molecular formula is C13H20N4O. The van der Waals surface area contributed by atoms with Gasteiger partial charge in [-0.3, -0.25) is 15.6 Å². The van der Waals surface area contributed by atoms with Crippen molar-refractivity contribution in [2.45, 2.75) is 39.2 Å². The zero-order chi connectivity index (χ0) is 13.1. The van der Waals surface area contributed by atoms with Crippen molar-refractivity contribution in [3.05, 3.63) is 23.5 Å². The largest absolute Gasteiger partial charge is 0.336 e. The van der Waals surface area contributed by atoms with Crippen LogP contribution in [0.4, 0.5) is 5.69 Å². The number of nitrogens with one attached hydrogen (secondary N) is 1. The number of carbonyl (C=O) groups excluding carboxylic acids is 1. The number of aryl methyl sites for hydroxylation is 1. The maximum Gasteiger partial charge on any atom is 0.257 e. The van der Waals surface area contributed by atoms with Crippen LogP contribution in [0.2, 0.25) is 0 Å². The van der Waals surface area contributed by atoms with E-state index in [2.05, 4.69) is 17.3 Å². The summed E-state index contributed by atoms with van der Waals surface area (Å²) < 4.78 is 0. The zero-order valence-electron chi connectivity index (χ0n) is 10.9. The molecule has 0 radical (unpaired) electrons. The monoisotopic (exact) mass is 248 g/mol. The van der Waals surface area contributed by atoms with Crippen LogP contribution in [0.15, 0.2) is 12.3 Å². The van der Waals surface area contributed by atoms with Gasteiger partial charge >= 0.3 is 0 Å². The van der Waals surface area contributed by atoms with Crippen LogP contribution >= 0.6 is 0 Å². The molecule has 5 nitrogen and oxygen atoms in total. The van der Waals surface area contributed by atoms with E-state index < -0.39 is 0 Å². The Morgan fingerprint density at radius 1 is 1.61 bits per heavy atom. The average molecular weight is 248 g/mol. The van der Waals surface area contributed by atoms with Crippen molar-refractivity contribution in [2.24, 2.45) is 5.84 Å². The number of hydrazine groups is 1. The summed E-state index contributed by atoms with van der Waals surface area (Å²) in [7, 11) is 0. The molecule has 1 fully saturated rings. The summed E-state index contributed by atoms with van der Waals surface area (Å²) in [4.78, 5) is 18.6. The minimum absolute atomic E-state index is 0.0276. The van der Waals surface area contributed by atoms with Crippen molar-refractivity contribution < 1.29 is 4.79 Å². The van der Waals surface area contributed by atoms with Crippen LogP contribution in [0.25, 0.3) is 0 Å². The Labute approximate surface area is 107 Å². The lowest BCUT2D eigenvalue weighted by Crippen LogP contribution is -2.34. The maximum atomic E-state index is 12.5. The molecule has 1 aliphatic rings. The van der Waals surface area contributed by atoms with Crippen LogP contribution in [0.5, 0.6) is 0 Å². The summed E-state index contributed by atoms with van der Waals surface area (Å²) in [6.45, 7) is 4.75. The lowest BCUT2D eigenvalue weighted by atomic mass is 10.2. The van der Waals surface area contributed by atoms with Crippen LogP contribution < -0.4 is 11.3 Å². The molecule has 1 heterocycles. The minimum Gasteiger partial charge on any atom is -0.336 e. The molecule has 0 aliphatic heterocycles. The first-order valence-corrected chi connectivity index (χ1v) is 6.41. The van der Waals surface area contributed by atoms with E-state index in [0.717, 1.165) is 31.5 Å². The number of nitrogens with zero attached hydrogens (tertiary/aromatic N) is 2. The van der Waals surface area contributed by atoms with Crippen molar-refractivity contribution in [3.8, 4) is 0 Å². The molecule has 0 aromatic carbocycles. The number of carbonyl (C=O) groups is 1. The van der Waals surface area contributed by atoms with E-state index in [-0.39, 0.29) is 5.91 Å². The van der Waals surface area contributed by atoms with Gasteiger partial charge in [0.25, 0.3) is 5.91 Å². The van der Waals surface area contributed by atoms with Gasteiger partial charge in [-0.05, 0) is 32.3 Å². The summed E-state index contributed by atoms with van der Waals surface area (Å²) in [5.74, 6) is 5.50. The molecule has 0 atom stereocenters. The molecule has 1 aromatic rings. The number of hydrogen-bond acceptors (Lipinski definition) is 4. The van der Waals surface area contributed by atoms with Crippen LogP contribution in [-0.2, 0) is 0 Å². The van der Waals surface area contributed by atoms with Gasteiger partial charge in [-0.15, -0.1) is 0 Å². The fourth-order valence-corrected chi connectivity index (χ4v) is 2.08. The highest BCUT2D eigenvalue weighted by atomic mass is 16.2. The van der Waals surface area contributed by atoms with Crippen LogP contribution in [0.1, 0.15) is 42.2 Å². The predicted octanol–water partition coefficient (Wildman–Crippen LogP) is 1.69. The molecule has 1 aromatic heterocycles. The summed E-state index contributed by atoms with van der Waals surface area (Å²) in [5.41, 5.74) is 4.63. The Hall–Kier alpha value is -1.62. The lowest BCUT2D eigenvalue weighted by molar-refractivity contribution is 0.0743. The summed E-state index contributed by atoms with van der Waals surface area (Å²) in [6, 6.07) is 2.20. The molecular weight excluding hydrogens is 228 g/mol. The summed E-state index contributed by atoms with van der Waals surface area (Å²) in [5, 5.41) is 0. The summed E-state index contributed by atoms with van der Waals surface area (Å²) >= 11 is 0. The first-order valence-electron chi connectivity index (χ1n) is 6.41. The molecule has 1 aliphatic carbocycles. The molecule has 18 heavy (non-hydrogen) atoms. The molecule has 1 saturated carbocycles. The fourth-order valence-electron chi connectivity index (χ4n) is 2.08. The van der Waals surface area contributed by atoms with Gasteiger partial charge in [-0.2, -0.15) is 0 Å². The lowest BCUT2D eigenvalue weighted by Gasteiger charge is -2.22. The van der Waals surface area contributed by atoms with Crippen molar-refractivity contribution in [1.82, 2.24) is 9.88 Å². The normalized spacial score (nSPS) is 14.4. The van der Waals surface area contributed by atoms with Crippen molar-refractivity contribution in [1.29, 1.82) is 0 Å². The Morgan fingerprint density at radius 2 is 2.33 bits per heavy atom. The van der Waals surface area contributed by atoms with E-state index in [9.17, 15) is 4.79 Å². The zero-order valence-corrected chi connectivity index (χ0v) is 10.9. The van der Waals surface area contributed by atoms with Crippen molar-refractivity contribution in [3.63, 3.8) is 0 Å². The quantitative estimate of drug-likeness (QED) is 0.614. The van der Waals surface area contributed by atoms with Crippen molar-refractivity contribution >= 4 is 11.6 Å². The number of pyridine rings is 1. The second-order valence-corrected chi connectivity index (χ2v) is 4.75. The Balaban J connectivity index is 2.26. The first-order chi connectivity index (χ1) is 8.67. The highest BCUT2D eigenvalue weighted by molar-refractivity contribution is 5.99. The molecule has 0 spiro atoms. The predicted molar refractivity (Wildman–Crippen MR) is 71.1 cm³/mol. The number of nitrogen functional groups attached to an aromatic ring is 1. The van der Waals surface area contributed by atoms with Gasteiger partial charge in [0.15, 0.2) is 0 Å². The highest BCUT2D eigenvalue weighted by Crippen LogP contribution is 2.29. The molecule has 0 unspecified atom stereocenters. The number of amides is 1. The summed E-state index contributed by atoms with van der Waals surface area (Å²) in [6.07, 6.45) is 4.79. The Morgan fingerprint density at radius 3 is 2.89 bits per heavy atom. The van der Waals surface area contributed by atoms with E-state index in [1.54, 1.807) is 12.3 Å². The van der Waals surface area contributed by atoms with Crippen LogP contribution in [0, 0.1) is 6.92 Å². The topological polar surface area (TPSA) is 71.2 Å². The second-order valence-electron chi connectivity index (χ2n) is 4.75. The van der Waals surface area contributed by atoms with E-state index >= 15 is 0 Å². The third-order valence-corrected chi connectivity index (χ3v) is 3.14. The van der Waals surface area contributed by atoms with Crippen molar-refractivity contribution in [2.75, 3.05) is 12.0 Å². The van der Waals surface area contributed by atoms with Gasteiger partial charge < -0.3 is 10.3 Å². The number of rotatable bonds is 5. The smallest absolute Gasteiger partial charge is 0.257 e. The van der Waals surface area contributed by atoms with Gasteiger partial charge in [-0.1, -0.05) is 6.92 Å². The molecule has 3 N–H and O–H groups in total. The molecule has 5 heteroatoms. The fraction of sp³-hybridized carbons (Fsp3) is 0.538. The third kappa shape index (κ3) is 2.61. The molecule has 0 saturated heterocycles. The second kappa shape index (κ2) is 5.35. The minimum atomic E-state index is 0.0276. The van der Waals surface area contributed by atoms with E-state index in [4.69, 9.17) is 5.84 Å². The van der Waals surface area contributed by atoms with Gasteiger partial charge in [-0.25, -0.2) is 0 Å². The first kappa shape index (κ1) is 12.8. The Bertz CT molecular complexity index is 443. The van der Waals surface area contributed by atoms with Gasteiger partial charge in [0, 0.05) is 24.5 Å². The standard InChI is InChI=1S/C13H20N4O/c1-3-6-17(10-4-5-10)13(18)11-8-15-9(2)7-12(11)16-14/h7-8,10H,3-6,14H2,1-2H3,(H,15,16). The number of aromatic nitrogens is 1. The maximum absolute atomic E-state index is 12.5. The Kier molecular flexibility index (Phi) is 3.81. The van der Waals surface area contributed by atoms with E-state index in [1.165, 1.54) is 0 Å². The molecule has 98 valence electrons. The van der Waals surface area contributed by atoms with Gasteiger partial charge in [0.1, 0.15) is 0 Å². The highest BCUT2D eigenvalue weighted by Gasteiger charge is 2.33. The van der Waals surface area contributed by atoms with Crippen LogP contribution in [-0.4, -0.2) is 28.4 Å². The number of hydrogen-bond donors (Lipinski definition) is 2. The van der Waals surface area contributed by atoms with Gasteiger partial charge in [0.2, 0.25) is 0 Å². The molecule has 1 amide bonds.